The summed E-state index contributed by atoms with van der Waals surface area (Å²) >= 11 is 0. The Labute approximate surface area is 94.8 Å². The third kappa shape index (κ3) is 3.62. The lowest BCUT2D eigenvalue weighted by atomic mass is 9.96. The summed E-state index contributed by atoms with van der Waals surface area (Å²) in [4.78, 5) is 10.9. The Kier molecular flexibility index (Phi) is 4.87. The van der Waals surface area contributed by atoms with Gasteiger partial charge in [-0.05, 0) is 5.56 Å². The van der Waals surface area contributed by atoms with Crippen LogP contribution in [0.5, 0.6) is 0 Å². The summed E-state index contributed by atoms with van der Waals surface area (Å²) in [7, 11) is 1.32. The van der Waals surface area contributed by atoms with Gasteiger partial charge in [-0.25, -0.2) is 4.79 Å². The molecule has 0 fully saturated rings. The molecular formula is C12H14N2O2. The Balaban J connectivity index is 2.62. The number of amides is 1. The minimum absolute atomic E-state index is 0.00491. The van der Waals surface area contributed by atoms with Gasteiger partial charge >= 0.3 is 6.09 Å². The second kappa shape index (κ2) is 6.46. The molecule has 0 radical (unpaired) electrons. The van der Waals surface area contributed by atoms with E-state index in [1.807, 2.05) is 30.3 Å². The molecule has 0 aliphatic rings. The van der Waals surface area contributed by atoms with E-state index in [9.17, 15) is 4.79 Å². The predicted molar refractivity (Wildman–Crippen MR) is 59.8 cm³/mol. The monoisotopic (exact) mass is 218 g/mol. The zero-order chi connectivity index (χ0) is 11.8. The molecule has 1 N–H and O–H groups in total. The van der Waals surface area contributed by atoms with E-state index >= 15 is 0 Å². The van der Waals surface area contributed by atoms with Gasteiger partial charge in [0.2, 0.25) is 0 Å². The highest BCUT2D eigenvalue weighted by Gasteiger charge is 2.12. The highest BCUT2D eigenvalue weighted by molar-refractivity contribution is 5.66. The number of benzene rings is 1. The maximum atomic E-state index is 10.9. The SMILES string of the molecule is COC(=O)NC[C@H](CC#N)c1ccccc1. The fraction of sp³-hybridized carbons (Fsp3) is 0.333. The third-order valence-electron chi connectivity index (χ3n) is 2.29. The molecule has 1 amide bonds. The number of hydrogen-bond acceptors (Lipinski definition) is 3. The van der Waals surface area contributed by atoms with Crippen LogP contribution in [0, 0.1) is 11.3 Å². The van der Waals surface area contributed by atoms with Gasteiger partial charge in [0.1, 0.15) is 0 Å². The van der Waals surface area contributed by atoms with Crippen LogP contribution in [0.4, 0.5) is 4.79 Å². The Morgan fingerprint density at radius 1 is 1.50 bits per heavy atom. The first-order chi connectivity index (χ1) is 7.77. The van der Waals surface area contributed by atoms with Crippen molar-refractivity contribution in [2.24, 2.45) is 0 Å². The summed E-state index contributed by atoms with van der Waals surface area (Å²) in [6.07, 6.45) is -0.104. The van der Waals surface area contributed by atoms with Crippen LogP contribution < -0.4 is 5.32 Å². The molecule has 0 heterocycles. The molecule has 1 atom stereocenters. The molecule has 0 saturated carbocycles. The average molecular weight is 218 g/mol. The number of rotatable bonds is 4. The Bertz CT molecular complexity index is 370. The molecule has 1 aromatic carbocycles. The minimum atomic E-state index is -0.473. The molecular weight excluding hydrogens is 204 g/mol. The Morgan fingerprint density at radius 2 is 2.19 bits per heavy atom. The van der Waals surface area contributed by atoms with E-state index < -0.39 is 6.09 Å². The summed E-state index contributed by atoms with van der Waals surface area (Å²) in [5.74, 6) is 0.00491. The van der Waals surface area contributed by atoms with Crippen molar-refractivity contribution in [3.8, 4) is 6.07 Å². The van der Waals surface area contributed by atoms with Gasteiger partial charge in [0.15, 0.2) is 0 Å². The molecule has 4 heteroatoms. The van der Waals surface area contributed by atoms with Crippen LogP contribution in [0.25, 0.3) is 0 Å². The maximum Gasteiger partial charge on any atom is 0.406 e. The van der Waals surface area contributed by atoms with E-state index in [4.69, 9.17) is 5.26 Å². The summed E-state index contributed by atoms with van der Waals surface area (Å²) in [5.41, 5.74) is 1.04. The third-order valence-corrected chi connectivity index (χ3v) is 2.29. The number of alkyl carbamates (subject to hydrolysis) is 1. The second-order valence-corrected chi connectivity index (χ2v) is 3.34. The number of nitriles is 1. The van der Waals surface area contributed by atoms with Gasteiger partial charge in [0.05, 0.1) is 13.2 Å². The van der Waals surface area contributed by atoms with Crippen molar-refractivity contribution in [2.45, 2.75) is 12.3 Å². The molecule has 0 spiro atoms. The number of nitrogens with zero attached hydrogens (tertiary/aromatic N) is 1. The number of carbonyl (C=O) groups excluding carboxylic acids is 1. The van der Waals surface area contributed by atoms with Gasteiger partial charge in [-0.15, -0.1) is 0 Å². The van der Waals surface area contributed by atoms with Crippen molar-refractivity contribution >= 4 is 6.09 Å². The molecule has 0 aliphatic heterocycles. The molecule has 4 nitrogen and oxygen atoms in total. The molecule has 84 valence electrons. The largest absolute Gasteiger partial charge is 0.453 e. The van der Waals surface area contributed by atoms with E-state index in [0.29, 0.717) is 13.0 Å². The average Bonchev–Trinajstić information content (AvgIpc) is 2.35. The van der Waals surface area contributed by atoms with Gasteiger partial charge in [0, 0.05) is 18.9 Å². The normalized spacial score (nSPS) is 11.2. The molecule has 0 aromatic heterocycles. The predicted octanol–water partition coefficient (Wildman–Crippen LogP) is 2.04. The van der Waals surface area contributed by atoms with E-state index in [1.165, 1.54) is 7.11 Å². The summed E-state index contributed by atoms with van der Waals surface area (Å²) in [6.45, 7) is 0.407. The Morgan fingerprint density at radius 3 is 2.75 bits per heavy atom. The Hall–Kier alpha value is -2.02. The van der Waals surface area contributed by atoms with Crippen LogP contribution in [0.1, 0.15) is 17.9 Å². The standard InChI is InChI=1S/C12H14N2O2/c1-16-12(15)14-9-11(7-8-13)10-5-3-2-4-6-10/h2-6,11H,7,9H2,1H3,(H,14,15)/t11-/m0/s1. The topological polar surface area (TPSA) is 62.1 Å². The summed E-state index contributed by atoms with van der Waals surface area (Å²) < 4.78 is 4.48. The first-order valence-corrected chi connectivity index (χ1v) is 5.01. The zero-order valence-corrected chi connectivity index (χ0v) is 9.14. The highest BCUT2D eigenvalue weighted by atomic mass is 16.5. The molecule has 0 unspecified atom stereocenters. The molecule has 1 rings (SSSR count). The van der Waals surface area contributed by atoms with E-state index in [1.54, 1.807) is 0 Å². The quantitative estimate of drug-likeness (QED) is 0.841. The van der Waals surface area contributed by atoms with Crippen molar-refractivity contribution in [3.63, 3.8) is 0 Å². The summed E-state index contributed by atoms with van der Waals surface area (Å²) in [5, 5.41) is 11.3. The second-order valence-electron chi connectivity index (χ2n) is 3.34. The van der Waals surface area contributed by atoms with Crippen LogP contribution in [0.2, 0.25) is 0 Å². The fourth-order valence-electron chi connectivity index (χ4n) is 1.42. The van der Waals surface area contributed by atoms with Crippen LogP contribution in [-0.4, -0.2) is 19.7 Å². The molecule has 0 bridgehead atoms. The number of carbonyl (C=O) groups is 1. The van der Waals surface area contributed by atoms with Gasteiger partial charge in [-0.2, -0.15) is 5.26 Å². The molecule has 0 aliphatic carbocycles. The molecule has 16 heavy (non-hydrogen) atoms. The maximum absolute atomic E-state index is 10.9. The van der Waals surface area contributed by atoms with Crippen LogP contribution in [0.3, 0.4) is 0 Å². The number of nitrogens with one attached hydrogen (secondary N) is 1. The van der Waals surface area contributed by atoms with Crippen molar-refractivity contribution < 1.29 is 9.53 Å². The number of ether oxygens (including phenoxy) is 1. The van der Waals surface area contributed by atoms with Gasteiger partial charge in [0.25, 0.3) is 0 Å². The number of methoxy groups -OCH3 is 1. The van der Waals surface area contributed by atoms with Gasteiger partial charge < -0.3 is 10.1 Å². The highest BCUT2D eigenvalue weighted by Crippen LogP contribution is 2.17. The lowest BCUT2D eigenvalue weighted by Crippen LogP contribution is -2.28. The van der Waals surface area contributed by atoms with Crippen molar-refractivity contribution in [2.75, 3.05) is 13.7 Å². The first kappa shape index (κ1) is 12.1. The lowest BCUT2D eigenvalue weighted by molar-refractivity contribution is 0.170. The van der Waals surface area contributed by atoms with Crippen molar-refractivity contribution in [1.29, 1.82) is 5.26 Å². The van der Waals surface area contributed by atoms with E-state index in [0.717, 1.165) is 5.56 Å². The minimum Gasteiger partial charge on any atom is -0.453 e. The smallest absolute Gasteiger partial charge is 0.406 e. The first-order valence-electron chi connectivity index (χ1n) is 5.01. The zero-order valence-electron chi connectivity index (χ0n) is 9.14. The number of hydrogen-bond donors (Lipinski definition) is 1. The van der Waals surface area contributed by atoms with E-state index in [2.05, 4.69) is 16.1 Å². The van der Waals surface area contributed by atoms with Crippen LogP contribution >= 0.6 is 0 Å². The van der Waals surface area contributed by atoms with Crippen LogP contribution in [-0.2, 0) is 4.74 Å². The lowest BCUT2D eigenvalue weighted by Gasteiger charge is -2.14. The molecule has 1 aromatic rings. The van der Waals surface area contributed by atoms with Gasteiger partial charge in [-0.3, -0.25) is 0 Å². The van der Waals surface area contributed by atoms with Crippen molar-refractivity contribution in [3.05, 3.63) is 35.9 Å². The summed E-state index contributed by atoms with van der Waals surface area (Å²) in [6, 6.07) is 11.8. The molecule has 0 saturated heterocycles. The van der Waals surface area contributed by atoms with Gasteiger partial charge in [-0.1, -0.05) is 30.3 Å². The fourth-order valence-corrected chi connectivity index (χ4v) is 1.42. The van der Waals surface area contributed by atoms with Crippen molar-refractivity contribution in [1.82, 2.24) is 5.32 Å². The van der Waals surface area contributed by atoms with E-state index in [-0.39, 0.29) is 5.92 Å². The van der Waals surface area contributed by atoms with Crippen LogP contribution in [0.15, 0.2) is 30.3 Å².